The van der Waals surface area contributed by atoms with Gasteiger partial charge in [0.05, 0.1) is 13.7 Å². The molecule has 24 heavy (non-hydrogen) atoms. The van der Waals surface area contributed by atoms with Gasteiger partial charge in [0.25, 0.3) is 0 Å². The summed E-state index contributed by atoms with van der Waals surface area (Å²) in [5, 5.41) is 5.72. The second-order valence-corrected chi connectivity index (χ2v) is 6.69. The molecule has 3 atom stereocenters. The van der Waals surface area contributed by atoms with E-state index in [0.29, 0.717) is 18.0 Å². The van der Waals surface area contributed by atoms with Gasteiger partial charge < -0.3 is 10.1 Å². The highest BCUT2D eigenvalue weighted by atomic mass is 16.7. The first-order chi connectivity index (χ1) is 11.8. The van der Waals surface area contributed by atoms with Crippen molar-refractivity contribution in [1.29, 1.82) is 0 Å². The van der Waals surface area contributed by atoms with E-state index >= 15 is 0 Å². The molecule has 2 aliphatic heterocycles. The Morgan fingerprint density at radius 3 is 2.71 bits per heavy atom. The van der Waals surface area contributed by atoms with Gasteiger partial charge in [-0.2, -0.15) is 5.06 Å². The highest BCUT2D eigenvalue weighted by Crippen LogP contribution is 2.34. The fraction of sp³-hybridized carbons (Fsp3) is 0.400. The first kappa shape index (κ1) is 15.6. The maximum absolute atomic E-state index is 5.67. The molecule has 0 aliphatic carbocycles. The van der Waals surface area contributed by atoms with Crippen LogP contribution in [0.5, 0.6) is 5.75 Å². The summed E-state index contributed by atoms with van der Waals surface area (Å²) in [6, 6.07) is 17.9. The largest absolute Gasteiger partial charge is 0.496 e. The fourth-order valence-electron chi connectivity index (χ4n) is 3.90. The molecule has 2 aliphatic rings. The highest BCUT2D eigenvalue weighted by molar-refractivity contribution is 5.70. The zero-order valence-corrected chi connectivity index (χ0v) is 14.2. The number of nitrogens with one attached hydrogen (secondary N) is 1. The smallest absolute Gasteiger partial charge is 0.126 e. The van der Waals surface area contributed by atoms with Crippen LogP contribution in [0, 0.1) is 5.92 Å². The number of hydrogen-bond donors (Lipinski definition) is 1. The zero-order valence-electron chi connectivity index (χ0n) is 14.2. The van der Waals surface area contributed by atoms with Crippen LogP contribution in [0.3, 0.4) is 0 Å². The number of benzene rings is 2. The molecule has 2 aromatic carbocycles. The lowest BCUT2D eigenvalue weighted by Gasteiger charge is -2.34. The Kier molecular flexibility index (Phi) is 4.27. The predicted molar refractivity (Wildman–Crippen MR) is 94.8 cm³/mol. The number of nitrogens with zero attached hydrogens (tertiary/aromatic N) is 1. The van der Waals surface area contributed by atoms with E-state index < -0.39 is 0 Å². The minimum Gasteiger partial charge on any atom is -0.496 e. The van der Waals surface area contributed by atoms with Crippen molar-refractivity contribution in [2.75, 3.05) is 27.3 Å². The van der Waals surface area contributed by atoms with E-state index in [1.54, 1.807) is 7.11 Å². The number of fused-ring (bicyclic) bond motifs is 1. The average Bonchev–Trinajstić information content (AvgIpc) is 3.02. The van der Waals surface area contributed by atoms with Crippen molar-refractivity contribution in [3.05, 3.63) is 54.1 Å². The van der Waals surface area contributed by atoms with Crippen molar-refractivity contribution in [1.82, 2.24) is 10.4 Å². The van der Waals surface area contributed by atoms with Gasteiger partial charge in [-0.05, 0) is 23.6 Å². The normalized spacial score (nSPS) is 27.0. The van der Waals surface area contributed by atoms with Gasteiger partial charge in [-0.25, -0.2) is 0 Å². The van der Waals surface area contributed by atoms with Crippen molar-refractivity contribution in [2.45, 2.75) is 18.5 Å². The third-order valence-electron chi connectivity index (χ3n) is 5.34. The zero-order chi connectivity index (χ0) is 16.5. The van der Waals surface area contributed by atoms with Crippen LogP contribution in [0.15, 0.2) is 48.5 Å². The monoisotopic (exact) mass is 324 g/mol. The van der Waals surface area contributed by atoms with Crippen molar-refractivity contribution in [3.8, 4) is 16.9 Å². The molecule has 0 aromatic heterocycles. The van der Waals surface area contributed by atoms with Crippen molar-refractivity contribution >= 4 is 0 Å². The Labute approximate surface area is 143 Å². The topological polar surface area (TPSA) is 33.7 Å². The molecule has 0 radical (unpaired) electrons. The fourth-order valence-corrected chi connectivity index (χ4v) is 3.90. The lowest BCUT2D eigenvalue weighted by atomic mass is 9.87. The lowest BCUT2D eigenvalue weighted by Crippen LogP contribution is -2.44. The molecular weight excluding hydrogens is 300 g/mol. The molecule has 2 aromatic rings. The molecule has 0 bridgehead atoms. The Balaban J connectivity index is 1.54. The first-order valence-electron chi connectivity index (χ1n) is 8.58. The molecule has 0 saturated carbocycles. The molecule has 2 heterocycles. The van der Waals surface area contributed by atoms with Gasteiger partial charge in [-0.3, -0.25) is 4.84 Å². The Bertz CT molecular complexity index is 701. The third-order valence-corrected chi connectivity index (χ3v) is 5.34. The molecule has 1 N–H and O–H groups in total. The van der Waals surface area contributed by atoms with Crippen molar-refractivity contribution in [3.63, 3.8) is 0 Å². The Morgan fingerprint density at radius 2 is 1.92 bits per heavy atom. The van der Waals surface area contributed by atoms with Gasteiger partial charge in [-0.1, -0.05) is 42.5 Å². The summed E-state index contributed by atoms with van der Waals surface area (Å²) in [4.78, 5) is 5.67. The second kappa shape index (κ2) is 6.55. The summed E-state index contributed by atoms with van der Waals surface area (Å²) in [7, 11) is 3.77. The SMILES string of the molecule is COc1ccccc1-c1ccc([C@@H]2C[C@H]3[C@@H](CN2)CON3C)cc1. The summed E-state index contributed by atoms with van der Waals surface area (Å²) < 4.78 is 5.47. The van der Waals surface area contributed by atoms with Gasteiger partial charge >= 0.3 is 0 Å². The maximum Gasteiger partial charge on any atom is 0.126 e. The van der Waals surface area contributed by atoms with Crippen LogP contribution in [0.25, 0.3) is 11.1 Å². The van der Waals surface area contributed by atoms with E-state index in [-0.39, 0.29) is 0 Å². The van der Waals surface area contributed by atoms with Crippen molar-refractivity contribution in [2.24, 2.45) is 5.92 Å². The van der Waals surface area contributed by atoms with Gasteiger partial charge in [0.1, 0.15) is 5.75 Å². The molecule has 126 valence electrons. The highest BCUT2D eigenvalue weighted by Gasteiger charge is 2.38. The van der Waals surface area contributed by atoms with Crippen LogP contribution >= 0.6 is 0 Å². The molecule has 0 unspecified atom stereocenters. The van der Waals surface area contributed by atoms with Crippen LogP contribution in [0.4, 0.5) is 0 Å². The van der Waals surface area contributed by atoms with Crippen LogP contribution in [0.1, 0.15) is 18.0 Å². The summed E-state index contributed by atoms with van der Waals surface area (Å²) in [6.45, 7) is 1.86. The van der Waals surface area contributed by atoms with Crippen LogP contribution in [-0.2, 0) is 4.84 Å². The number of rotatable bonds is 3. The predicted octanol–water partition coefficient (Wildman–Crippen LogP) is 3.26. The van der Waals surface area contributed by atoms with E-state index in [1.165, 1.54) is 11.1 Å². The lowest BCUT2D eigenvalue weighted by molar-refractivity contribution is -0.112. The summed E-state index contributed by atoms with van der Waals surface area (Å²) in [5.41, 5.74) is 3.66. The number of methoxy groups -OCH3 is 1. The molecule has 4 nitrogen and oxygen atoms in total. The molecule has 4 rings (SSSR count). The molecule has 0 spiro atoms. The molecular formula is C20H24N2O2. The maximum atomic E-state index is 5.67. The van der Waals surface area contributed by atoms with Gasteiger partial charge in [0.2, 0.25) is 0 Å². The van der Waals surface area contributed by atoms with Gasteiger partial charge in [0.15, 0.2) is 0 Å². The van der Waals surface area contributed by atoms with E-state index in [1.807, 2.05) is 23.3 Å². The molecule has 2 fully saturated rings. The number of para-hydroxylation sites is 1. The molecule has 4 heteroatoms. The number of hydrogen-bond acceptors (Lipinski definition) is 4. The minimum atomic E-state index is 0.391. The summed E-state index contributed by atoms with van der Waals surface area (Å²) in [6.07, 6.45) is 1.09. The summed E-state index contributed by atoms with van der Waals surface area (Å²) in [5.74, 6) is 1.52. The second-order valence-electron chi connectivity index (χ2n) is 6.69. The van der Waals surface area contributed by atoms with E-state index in [9.17, 15) is 0 Å². The van der Waals surface area contributed by atoms with E-state index in [2.05, 4.69) is 42.7 Å². The number of ether oxygens (including phenoxy) is 1. The summed E-state index contributed by atoms with van der Waals surface area (Å²) >= 11 is 0. The average molecular weight is 324 g/mol. The third kappa shape index (κ3) is 2.81. The van der Waals surface area contributed by atoms with E-state index in [4.69, 9.17) is 9.57 Å². The standard InChI is InChI=1S/C20H24N2O2/c1-22-19-11-18(21-12-16(19)13-24-22)15-9-7-14(8-10-15)17-5-3-4-6-20(17)23-2/h3-10,16,18-19,21H,11-13H2,1-2H3/t16-,18-,19-/m0/s1. The van der Waals surface area contributed by atoms with Gasteiger partial charge in [-0.15, -0.1) is 0 Å². The van der Waals surface area contributed by atoms with E-state index in [0.717, 1.165) is 30.9 Å². The number of hydroxylamine groups is 2. The minimum absolute atomic E-state index is 0.391. The Morgan fingerprint density at radius 1 is 1.12 bits per heavy atom. The van der Waals surface area contributed by atoms with Crippen LogP contribution < -0.4 is 10.1 Å². The molecule has 0 amide bonds. The Hall–Kier alpha value is -1.88. The van der Waals surface area contributed by atoms with Crippen molar-refractivity contribution < 1.29 is 9.57 Å². The van der Waals surface area contributed by atoms with Gasteiger partial charge in [0, 0.05) is 37.2 Å². The quantitative estimate of drug-likeness (QED) is 0.940. The first-order valence-corrected chi connectivity index (χ1v) is 8.58. The van der Waals surface area contributed by atoms with Crippen LogP contribution in [0.2, 0.25) is 0 Å². The number of piperidine rings is 1. The van der Waals surface area contributed by atoms with Crippen LogP contribution in [-0.4, -0.2) is 38.4 Å². The molecule has 2 saturated heterocycles.